The van der Waals surface area contributed by atoms with E-state index in [0.717, 1.165) is 28.6 Å². The van der Waals surface area contributed by atoms with E-state index in [1.165, 1.54) is 5.56 Å². The van der Waals surface area contributed by atoms with Crippen molar-refractivity contribution in [2.75, 3.05) is 13.1 Å². The van der Waals surface area contributed by atoms with E-state index in [0.29, 0.717) is 10.7 Å². The van der Waals surface area contributed by atoms with E-state index in [1.54, 1.807) is 0 Å². The first-order valence-electron chi connectivity index (χ1n) is 6.19. The third-order valence-electron chi connectivity index (χ3n) is 3.51. The molecule has 1 saturated heterocycles. The van der Waals surface area contributed by atoms with E-state index in [1.807, 2.05) is 30.0 Å². The smallest absolute Gasteiger partial charge is 0.254 e. The lowest BCUT2D eigenvalue weighted by molar-refractivity contribution is 0.0689. The summed E-state index contributed by atoms with van der Waals surface area (Å²) in [5.74, 6) is 0.694. The van der Waals surface area contributed by atoms with Crippen molar-refractivity contribution in [3.63, 3.8) is 0 Å². The van der Waals surface area contributed by atoms with E-state index in [4.69, 9.17) is 0 Å². The normalized spacial score (nSPS) is 24.1. The molecule has 2 nitrogen and oxygen atoms in total. The molecule has 2 rings (SSSR count). The van der Waals surface area contributed by atoms with Gasteiger partial charge in [0, 0.05) is 21.5 Å². The molecular weight excluding hydrogens is 405 g/mol. The summed E-state index contributed by atoms with van der Waals surface area (Å²) >= 11 is 5.94. The highest BCUT2D eigenvalue weighted by atomic mass is 127. The van der Waals surface area contributed by atoms with Gasteiger partial charge in [-0.05, 0) is 53.5 Å². The lowest BCUT2D eigenvalue weighted by Crippen LogP contribution is -2.43. The predicted molar refractivity (Wildman–Crippen MR) is 86.3 cm³/mol. The third-order valence-corrected chi connectivity index (χ3v) is 6.30. The molecule has 0 aliphatic carbocycles. The number of aryl methyl sites for hydroxylation is 1. The molecule has 0 radical (unpaired) electrons. The van der Waals surface area contributed by atoms with Crippen LogP contribution in [-0.4, -0.2) is 28.7 Å². The maximum Gasteiger partial charge on any atom is 0.254 e. The summed E-state index contributed by atoms with van der Waals surface area (Å²) < 4.78 is 1.08. The first kappa shape index (κ1) is 14.3. The number of hydrogen-bond acceptors (Lipinski definition) is 1. The Kier molecular flexibility index (Phi) is 4.69. The van der Waals surface area contributed by atoms with Crippen molar-refractivity contribution in [1.29, 1.82) is 0 Å². The van der Waals surface area contributed by atoms with Gasteiger partial charge >= 0.3 is 0 Å². The number of rotatable bonds is 1. The molecule has 0 saturated carbocycles. The van der Waals surface area contributed by atoms with Crippen LogP contribution >= 0.6 is 38.5 Å². The zero-order valence-electron chi connectivity index (χ0n) is 10.6. The Balaban J connectivity index is 2.19. The number of nitrogens with zero attached hydrogens (tertiary/aromatic N) is 1. The number of benzene rings is 1. The van der Waals surface area contributed by atoms with E-state index >= 15 is 0 Å². The summed E-state index contributed by atoms with van der Waals surface area (Å²) in [6, 6.07) is 5.94. The number of piperidine rings is 1. The van der Waals surface area contributed by atoms with Crippen LogP contribution in [0.2, 0.25) is 0 Å². The van der Waals surface area contributed by atoms with Crippen molar-refractivity contribution < 1.29 is 4.79 Å². The Labute approximate surface area is 130 Å². The van der Waals surface area contributed by atoms with Gasteiger partial charge in [-0.2, -0.15) is 0 Å². The Bertz CT molecular complexity index is 463. The van der Waals surface area contributed by atoms with E-state index in [2.05, 4.69) is 45.4 Å². The SMILES string of the molecule is Cc1cccc(C(=O)N2CCC(Br)C(C)C2)c1I. The van der Waals surface area contributed by atoms with Gasteiger partial charge in [-0.15, -0.1) is 0 Å². The predicted octanol–water partition coefficient (Wildman–Crippen LogP) is 3.85. The second-order valence-electron chi connectivity index (χ2n) is 4.97. The Morgan fingerprint density at radius 3 is 2.89 bits per heavy atom. The molecule has 1 heterocycles. The highest BCUT2D eigenvalue weighted by Gasteiger charge is 2.28. The van der Waals surface area contributed by atoms with Crippen LogP contribution in [0.15, 0.2) is 18.2 Å². The number of likely N-dealkylation sites (tertiary alicyclic amines) is 1. The van der Waals surface area contributed by atoms with E-state index in [9.17, 15) is 4.79 Å². The molecule has 0 bridgehead atoms. The van der Waals surface area contributed by atoms with E-state index in [-0.39, 0.29) is 5.91 Å². The van der Waals surface area contributed by atoms with Crippen molar-refractivity contribution in [3.8, 4) is 0 Å². The summed E-state index contributed by atoms with van der Waals surface area (Å²) in [4.78, 5) is 15.1. The minimum absolute atomic E-state index is 0.175. The fourth-order valence-corrected chi connectivity index (χ4v) is 3.25. The van der Waals surface area contributed by atoms with Crippen LogP contribution in [0.5, 0.6) is 0 Å². The minimum Gasteiger partial charge on any atom is -0.338 e. The fraction of sp³-hybridized carbons (Fsp3) is 0.500. The van der Waals surface area contributed by atoms with Gasteiger partial charge in [-0.25, -0.2) is 0 Å². The quantitative estimate of drug-likeness (QED) is 0.498. The van der Waals surface area contributed by atoms with Crippen LogP contribution < -0.4 is 0 Å². The topological polar surface area (TPSA) is 20.3 Å². The number of alkyl halides is 1. The number of carbonyl (C=O) groups excluding carboxylic acids is 1. The first-order chi connectivity index (χ1) is 8.50. The second kappa shape index (κ2) is 5.90. The summed E-state index contributed by atoms with van der Waals surface area (Å²) in [5.41, 5.74) is 2.01. The maximum atomic E-state index is 12.5. The summed E-state index contributed by atoms with van der Waals surface area (Å²) in [6.07, 6.45) is 1.04. The van der Waals surface area contributed by atoms with Crippen LogP contribution in [0.1, 0.15) is 29.3 Å². The number of hydrogen-bond donors (Lipinski definition) is 0. The van der Waals surface area contributed by atoms with Crippen molar-refractivity contribution in [2.24, 2.45) is 5.92 Å². The zero-order valence-corrected chi connectivity index (χ0v) is 14.4. The summed E-state index contributed by atoms with van der Waals surface area (Å²) in [5, 5.41) is 0. The van der Waals surface area contributed by atoms with Crippen molar-refractivity contribution >= 4 is 44.4 Å². The minimum atomic E-state index is 0.175. The Morgan fingerprint density at radius 1 is 1.50 bits per heavy atom. The molecule has 0 aromatic heterocycles. The molecule has 1 fully saturated rings. The molecule has 1 aliphatic heterocycles. The molecule has 18 heavy (non-hydrogen) atoms. The van der Waals surface area contributed by atoms with E-state index < -0.39 is 0 Å². The van der Waals surface area contributed by atoms with Crippen LogP contribution in [0.3, 0.4) is 0 Å². The number of carbonyl (C=O) groups is 1. The van der Waals surface area contributed by atoms with Gasteiger partial charge in [0.25, 0.3) is 5.91 Å². The molecular formula is C14H17BrINO. The Hall–Kier alpha value is -0.100. The molecule has 1 aliphatic rings. The highest BCUT2D eigenvalue weighted by Crippen LogP contribution is 2.26. The summed E-state index contributed by atoms with van der Waals surface area (Å²) in [7, 11) is 0. The molecule has 4 heteroatoms. The standard InChI is InChI=1S/C14H17BrINO/c1-9-4-3-5-11(13(9)16)14(18)17-7-6-12(15)10(2)8-17/h3-5,10,12H,6-8H2,1-2H3. The van der Waals surface area contributed by atoms with Crippen LogP contribution in [0.4, 0.5) is 0 Å². The highest BCUT2D eigenvalue weighted by molar-refractivity contribution is 14.1. The average Bonchev–Trinajstić information content (AvgIpc) is 2.35. The van der Waals surface area contributed by atoms with Gasteiger partial charge in [0.15, 0.2) is 0 Å². The number of amides is 1. The average molecular weight is 422 g/mol. The second-order valence-corrected chi connectivity index (χ2v) is 7.22. The fourth-order valence-electron chi connectivity index (χ4n) is 2.28. The molecule has 1 aromatic carbocycles. The first-order valence-corrected chi connectivity index (χ1v) is 8.18. The molecule has 2 atom stereocenters. The molecule has 1 amide bonds. The monoisotopic (exact) mass is 421 g/mol. The molecule has 2 unspecified atom stereocenters. The zero-order chi connectivity index (χ0) is 13.3. The largest absolute Gasteiger partial charge is 0.338 e. The van der Waals surface area contributed by atoms with Crippen molar-refractivity contribution in [1.82, 2.24) is 4.90 Å². The van der Waals surface area contributed by atoms with Gasteiger partial charge in [0.1, 0.15) is 0 Å². The van der Waals surface area contributed by atoms with Gasteiger partial charge in [0.05, 0.1) is 5.56 Å². The van der Waals surface area contributed by atoms with Crippen LogP contribution in [0.25, 0.3) is 0 Å². The van der Waals surface area contributed by atoms with Crippen LogP contribution in [-0.2, 0) is 0 Å². The molecule has 0 N–H and O–H groups in total. The molecule has 98 valence electrons. The molecule has 1 aromatic rings. The van der Waals surface area contributed by atoms with Crippen LogP contribution in [0, 0.1) is 16.4 Å². The van der Waals surface area contributed by atoms with Crippen molar-refractivity contribution in [3.05, 3.63) is 32.9 Å². The van der Waals surface area contributed by atoms with Gasteiger partial charge in [-0.1, -0.05) is 35.0 Å². The third kappa shape index (κ3) is 2.90. The lowest BCUT2D eigenvalue weighted by Gasteiger charge is -2.34. The number of halogens is 2. The Morgan fingerprint density at radius 2 is 2.22 bits per heavy atom. The van der Waals surface area contributed by atoms with Crippen molar-refractivity contribution in [2.45, 2.75) is 25.1 Å². The van der Waals surface area contributed by atoms with Gasteiger partial charge in [0.2, 0.25) is 0 Å². The molecule has 0 spiro atoms. The lowest BCUT2D eigenvalue weighted by atomic mass is 9.99. The van der Waals surface area contributed by atoms with Gasteiger partial charge < -0.3 is 4.90 Å². The maximum absolute atomic E-state index is 12.5. The van der Waals surface area contributed by atoms with Gasteiger partial charge in [-0.3, -0.25) is 4.79 Å². The summed E-state index contributed by atoms with van der Waals surface area (Å²) in [6.45, 7) is 5.94.